The second-order valence-electron chi connectivity index (χ2n) is 6.07. The molecule has 2 N–H and O–H groups in total. The summed E-state index contributed by atoms with van der Waals surface area (Å²) in [5.74, 6) is -1.39. The summed E-state index contributed by atoms with van der Waals surface area (Å²) in [6.07, 6.45) is -0.136. The number of hydrogen-bond acceptors (Lipinski definition) is 4. The van der Waals surface area contributed by atoms with E-state index in [9.17, 15) is 14.4 Å². The van der Waals surface area contributed by atoms with Gasteiger partial charge in [0.05, 0.1) is 6.42 Å². The summed E-state index contributed by atoms with van der Waals surface area (Å²) in [6.45, 7) is 3.51. The van der Waals surface area contributed by atoms with E-state index in [2.05, 4.69) is 10.6 Å². The first-order valence-electron chi connectivity index (χ1n) is 8.41. The predicted octanol–water partition coefficient (Wildman–Crippen LogP) is 3.86. The summed E-state index contributed by atoms with van der Waals surface area (Å²) in [6, 6.07) is 12.2. The maximum Gasteiger partial charge on any atom is 0.306 e. The highest BCUT2D eigenvalue weighted by molar-refractivity contribution is 6.30. The van der Waals surface area contributed by atoms with Gasteiger partial charge in [-0.2, -0.15) is 0 Å². The summed E-state index contributed by atoms with van der Waals surface area (Å²) >= 11 is 5.83. The summed E-state index contributed by atoms with van der Waals surface area (Å²) in [7, 11) is 0. The molecule has 2 rings (SSSR count). The van der Waals surface area contributed by atoms with Crippen LogP contribution in [-0.2, 0) is 19.1 Å². The molecule has 0 spiro atoms. The van der Waals surface area contributed by atoms with Gasteiger partial charge in [-0.05, 0) is 55.3 Å². The molecule has 0 radical (unpaired) electrons. The van der Waals surface area contributed by atoms with E-state index in [-0.39, 0.29) is 18.7 Å². The monoisotopic (exact) mass is 388 g/mol. The molecule has 2 amide bonds. The van der Waals surface area contributed by atoms with Gasteiger partial charge >= 0.3 is 5.97 Å². The molecule has 0 aliphatic heterocycles. The molecule has 0 bridgehead atoms. The third-order valence-corrected chi connectivity index (χ3v) is 4.05. The van der Waals surface area contributed by atoms with Crippen molar-refractivity contribution in [3.63, 3.8) is 0 Å². The molecule has 0 aliphatic rings. The fourth-order valence-electron chi connectivity index (χ4n) is 2.24. The molecule has 0 aromatic heterocycles. The van der Waals surface area contributed by atoms with E-state index in [0.717, 1.165) is 11.1 Å². The number of carbonyl (C=O) groups is 3. The lowest BCUT2D eigenvalue weighted by Gasteiger charge is -2.08. The molecule has 2 aromatic rings. The van der Waals surface area contributed by atoms with Crippen LogP contribution in [0.25, 0.3) is 0 Å². The number of esters is 1. The number of ether oxygens (including phenoxy) is 1. The summed E-state index contributed by atoms with van der Waals surface area (Å²) in [5, 5.41) is 5.78. The van der Waals surface area contributed by atoms with Crippen LogP contribution in [0.15, 0.2) is 42.5 Å². The number of aryl methyl sites for hydroxylation is 2. The zero-order chi connectivity index (χ0) is 19.8. The SMILES string of the molecule is Cc1ccc(NC(=O)CCC(=O)OCC(=O)Nc2cccc(Cl)c2)cc1C. The smallest absolute Gasteiger partial charge is 0.306 e. The van der Waals surface area contributed by atoms with E-state index in [1.54, 1.807) is 30.3 Å². The van der Waals surface area contributed by atoms with Crippen molar-refractivity contribution in [1.82, 2.24) is 0 Å². The Morgan fingerprint density at radius 2 is 1.59 bits per heavy atom. The topological polar surface area (TPSA) is 84.5 Å². The molecular formula is C20H21ClN2O4. The third-order valence-electron chi connectivity index (χ3n) is 3.82. The van der Waals surface area contributed by atoms with E-state index < -0.39 is 18.5 Å². The van der Waals surface area contributed by atoms with Gasteiger partial charge in [0.15, 0.2) is 6.61 Å². The van der Waals surface area contributed by atoms with Crippen molar-refractivity contribution in [3.8, 4) is 0 Å². The molecule has 2 aromatic carbocycles. The summed E-state index contributed by atoms with van der Waals surface area (Å²) in [5.41, 5.74) is 3.39. The average Bonchev–Trinajstić information content (AvgIpc) is 2.61. The number of rotatable bonds is 7. The Bertz CT molecular complexity index is 852. The van der Waals surface area contributed by atoms with Gasteiger partial charge in [-0.15, -0.1) is 0 Å². The first kappa shape index (κ1) is 20.5. The number of benzene rings is 2. The summed E-state index contributed by atoms with van der Waals surface area (Å²) < 4.78 is 4.88. The third kappa shape index (κ3) is 7.11. The van der Waals surface area contributed by atoms with Crippen molar-refractivity contribution >= 4 is 40.8 Å². The maximum absolute atomic E-state index is 11.9. The number of hydrogen-bond donors (Lipinski definition) is 2. The molecule has 7 heteroatoms. The van der Waals surface area contributed by atoms with Crippen molar-refractivity contribution in [2.75, 3.05) is 17.2 Å². The van der Waals surface area contributed by atoms with Crippen LogP contribution in [0, 0.1) is 13.8 Å². The van der Waals surface area contributed by atoms with Crippen LogP contribution < -0.4 is 10.6 Å². The maximum atomic E-state index is 11.9. The molecule has 6 nitrogen and oxygen atoms in total. The fourth-order valence-corrected chi connectivity index (χ4v) is 2.43. The van der Waals surface area contributed by atoms with Crippen molar-refractivity contribution in [3.05, 3.63) is 58.6 Å². The van der Waals surface area contributed by atoms with Gasteiger partial charge in [0.2, 0.25) is 5.91 Å². The van der Waals surface area contributed by atoms with E-state index in [1.807, 2.05) is 26.0 Å². The van der Waals surface area contributed by atoms with Gasteiger partial charge in [0.25, 0.3) is 5.91 Å². The molecule has 0 saturated heterocycles. The second-order valence-corrected chi connectivity index (χ2v) is 6.50. The Balaban J connectivity index is 1.69. The Hall–Kier alpha value is -2.86. The lowest BCUT2D eigenvalue weighted by atomic mass is 10.1. The molecule has 0 fully saturated rings. The minimum absolute atomic E-state index is 0.0261. The Kier molecular flexibility index (Phi) is 7.37. The molecule has 0 unspecified atom stereocenters. The predicted molar refractivity (Wildman–Crippen MR) is 105 cm³/mol. The summed E-state index contributed by atoms with van der Waals surface area (Å²) in [4.78, 5) is 35.4. The standard InChI is InChI=1S/C20H21ClN2O4/c1-13-6-7-17(10-14(13)2)22-18(24)8-9-20(26)27-12-19(25)23-16-5-3-4-15(21)11-16/h3-7,10-11H,8-9,12H2,1-2H3,(H,22,24)(H,23,25). The van der Waals surface area contributed by atoms with Crippen LogP contribution in [-0.4, -0.2) is 24.4 Å². The van der Waals surface area contributed by atoms with Crippen molar-refractivity contribution in [2.45, 2.75) is 26.7 Å². The molecule has 0 aliphatic carbocycles. The van der Waals surface area contributed by atoms with Crippen LogP contribution in [0.3, 0.4) is 0 Å². The first-order chi connectivity index (χ1) is 12.8. The molecule has 27 heavy (non-hydrogen) atoms. The van der Waals surface area contributed by atoms with E-state index in [1.165, 1.54) is 0 Å². The van der Waals surface area contributed by atoms with Crippen LogP contribution in [0.4, 0.5) is 11.4 Å². The van der Waals surface area contributed by atoms with Crippen molar-refractivity contribution in [1.29, 1.82) is 0 Å². The van der Waals surface area contributed by atoms with Gasteiger partial charge in [-0.25, -0.2) is 0 Å². The number of anilines is 2. The van der Waals surface area contributed by atoms with Gasteiger partial charge in [0, 0.05) is 22.8 Å². The Labute approximate surface area is 162 Å². The molecule has 0 saturated carbocycles. The Morgan fingerprint density at radius 1 is 0.889 bits per heavy atom. The normalized spacial score (nSPS) is 10.2. The second kappa shape index (κ2) is 9.73. The highest BCUT2D eigenvalue weighted by Gasteiger charge is 2.11. The van der Waals surface area contributed by atoms with E-state index in [0.29, 0.717) is 16.4 Å². The van der Waals surface area contributed by atoms with Gasteiger partial charge in [0.1, 0.15) is 0 Å². The van der Waals surface area contributed by atoms with Gasteiger partial charge in [-0.3, -0.25) is 14.4 Å². The van der Waals surface area contributed by atoms with Crippen LogP contribution >= 0.6 is 11.6 Å². The average molecular weight is 389 g/mol. The number of halogens is 1. The van der Waals surface area contributed by atoms with E-state index in [4.69, 9.17) is 16.3 Å². The Morgan fingerprint density at radius 3 is 2.30 bits per heavy atom. The lowest BCUT2D eigenvalue weighted by Crippen LogP contribution is -2.21. The zero-order valence-corrected chi connectivity index (χ0v) is 15.9. The first-order valence-corrected chi connectivity index (χ1v) is 8.79. The fraction of sp³-hybridized carbons (Fsp3) is 0.250. The van der Waals surface area contributed by atoms with Crippen molar-refractivity contribution < 1.29 is 19.1 Å². The van der Waals surface area contributed by atoms with Crippen LogP contribution in [0.2, 0.25) is 5.02 Å². The van der Waals surface area contributed by atoms with Crippen LogP contribution in [0.5, 0.6) is 0 Å². The largest absolute Gasteiger partial charge is 0.456 e. The molecule has 0 atom stereocenters. The molecule has 142 valence electrons. The minimum atomic E-state index is -0.619. The zero-order valence-electron chi connectivity index (χ0n) is 15.2. The quantitative estimate of drug-likeness (QED) is 0.705. The van der Waals surface area contributed by atoms with Crippen LogP contribution in [0.1, 0.15) is 24.0 Å². The number of carbonyl (C=O) groups excluding carboxylic acids is 3. The highest BCUT2D eigenvalue weighted by atomic mass is 35.5. The molecular weight excluding hydrogens is 368 g/mol. The molecule has 0 heterocycles. The number of nitrogens with one attached hydrogen (secondary N) is 2. The van der Waals surface area contributed by atoms with Crippen molar-refractivity contribution in [2.24, 2.45) is 0 Å². The van der Waals surface area contributed by atoms with E-state index >= 15 is 0 Å². The minimum Gasteiger partial charge on any atom is -0.456 e. The highest BCUT2D eigenvalue weighted by Crippen LogP contribution is 2.15. The number of amides is 2. The lowest BCUT2D eigenvalue weighted by molar-refractivity contribution is -0.147. The van der Waals surface area contributed by atoms with Gasteiger partial charge in [-0.1, -0.05) is 23.7 Å². The van der Waals surface area contributed by atoms with Gasteiger partial charge < -0.3 is 15.4 Å².